The molecule has 1 aliphatic rings. The lowest BCUT2D eigenvalue weighted by Crippen LogP contribution is -2.52. The molecule has 0 saturated carbocycles. The average molecular weight is 427 g/mol. The lowest BCUT2D eigenvalue weighted by atomic mass is 9.99. The molecule has 0 aliphatic carbocycles. The highest BCUT2D eigenvalue weighted by Gasteiger charge is 2.32. The normalized spacial score (nSPS) is 16.7. The summed E-state index contributed by atoms with van der Waals surface area (Å²) in [4.78, 5) is 27.9. The van der Waals surface area contributed by atoms with Gasteiger partial charge in [-0.05, 0) is 60.8 Å². The van der Waals surface area contributed by atoms with E-state index in [0.29, 0.717) is 24.9 Å². The van der Waals surface area contributed by atoms with E-state index in [4.69, 9.17) is 0 Å². The maximum atomic E-state index is 13.7. The minimum atomic E-state index is -0.602. The molecule has 3 aromatic carbocycles. The maximum Gasteiger partial charge on any atom is 0.249 e. The van der Waals surface area contributed by atoms with Gasteiger partial charge < -0.3 is 15.5 Å². The average Bonchev–Trinajstić information content (AvgIpc) is 2.96. The number of nitrogens with zero attached hydrogens (tertiary/aromatic N) is 2. The number of aryl methyl sites for hydroxylation is 1. The van der Waals surface area contributed by atoms with Gasteiger partial charge in [0.25, 0.3) is 0 Å². The Morgan fingerprint density at radius 3 is 2.59 bits per heavy atom. The fraction of sp³-hybridized carbons (Fsp3) is 0.269. The van der Waals surface area contributed by atoms with Gasteiger partial charge in [0.2, 0.25) is 11.8 Å². The summed E-state index contributed by atoms with van der Waals surface area (Å²) in [6.45, 7) is 2.13. The molecule has 162 valence electrons. The number of hydrogen-bond acceptors (Lipinski definition) is 4. The summed E-state index contributed by atoms with van der Waals surface area (Å²) in [5, 5.41) is 17.2. The van der Waals surface area contributed by atoms with Crippen LogP contribution in [0, 0.1) is 11.3 Å². The van der Waals surface area contributed by atoms with Crippen LogP contribution in [0.5, 0.6) is 0 Å². The van der Waals surface area contributed by atoms with Gasteiger partial charge in [0, 0.05) is 5.69 Å². The topological polar surface area (TPSA) is 85.2 Å². The number of amides is 2. The van der Waals surface area contributed by atoms with E-state index in [0.717, 1.165) is 27.6 Å². The Morgan fingerprint density at radius 1 is 1.12 bits per heavy atom. The van der Waals surface area contributed by atoms with Gasteiger partial charge in [-0.2, -0.15) is 5.26 Å². The molecule has 2 atom stereocenters. The Labute approximate surface area is 187 Å². The molecule has 0 saturated heterocycles. The Kier molecular flexibility index (Phi) is 6.20. The molecule has 0 bridgehead atoms. The van der Waals surface area contributed by atoms with E-state index in [1.807, 2.05) is 54.6 Å². The van der Waals surface area contributed by atoms with Crippen molar-refractivity contribution in [3.05, 3.63) is 77.4 Å². The number of nitrogens with one attached hydrogen (secondary N) is 2. The zero-order chi connectivity index (χ0) is 22.7. The SMILES string of the molecule is CNC(C)C(=O)NC1CCc2ccccc2N(Cc2ccc(C#N)c3ccccc23)C1=O. The fourth-order valence-electron chi connectivity index (χ4n) is 4.21. The summed E-state index contributed by atoms with van der Waals surface area (Å²) in [6, 6.07) is 20.6. The number of para-hydroxylation sites is 1. The van der Waals surface area contributed by atoms with Crippen LogP contribution < -0.4 is 15.5 Å². The largest absolute Gasteiger partial charge is 0.343 e. The highest BCUT2D eigenvalue weighted by atomic mass is 16.2. The number of benzene rings is 3. The minimum absolute atomic E-state index is 0.125. The second-order valence-corrected chi connectivity index (χ2v) is 8.09. The summed E-state index contributed by atoms with van der Waals surface area (Å²) in [5.74, 6) is -0.319. The van der Waals surface area contributed by atoms with Gasteiger partial charge in [-0.15, -0.1) is 0 Å². The summed E-state index contributed by atoms with van der Waals surface area (Å²) >= 11 is 0. The summed E-state index contributed by atoms with van der Waals surface area (Å²) in [5.41, 5.74) is 3.51. The Hall–Kier alpha value is -3.69. The van der Waals surface area contributed by atoms with Crippen LogP contribution in [-0.2, 0) is 22.6 Å². The molecule has 6 heteroatoms. The molecular formula is C26H26N4O2. The molecule has 3 aromatic rings. The van der Waals surface area contributed by atoms with E-state index >= 15 is 0 Å². The van der Waals surface area contributed by atoms with Crippen molar-refractivity contribution in [2.24, 2.45) is 0 Å². The Bertz CT molecular complexity index is 1210. The van der Waals surface area contributed by atoms with Crippen LogP contribution in [0.4, 0.5) is 5.69 Å². The highest BCUT2D eigenvalue weighted by Crippen LogP contribution is 2.31. The molecule has 1 heterocycles. The van der Waals surface area contributed by atoms with Crippen molar-refractivity contribution in [1.82, 2.24) is 10.6 Å². The predicted molar refractivity (Wildman–Crippen MR) is 125 cm³/mol. The van der Waals surface area contributed by atoms with Crippen molar-refractivity contribution in [2.75, 3.05) is 11.9 Å². The van der Waals surface area contributed by atoms with E-state index in [2.05, 4.69) is 16.7 Å². The quantitative estimate of drug-likeness (QED) is 0.656. The first-order valence-electron chi connectivity index (χ1n) is 10.8. The summed E-state index contributed by atoms with van der Waals surface area (Å²) in [7, 11) is 1.72. The zero-order valence-electron chi connectivity index (χ0n) is 18.3. The number of rotatable bonds is 5. The van der Waals surface area contributed by atoms with E-state index in [1.54, 1.807) is 24.9 Å². The fourth-order valence-corrected chi connectivity index (χ4v) is 4.21. The lowest BCUT2D eigenvalue weighted by molar-refractivity contribution is -0.128. The van der Waals surface area contributed by atoms with Gasteiger partial charge in [-0.1, -0.05) is 48.5 Å². The molecule has 0 aromatic heterocycles. The monoisotopic (exact) mass is 426 g/mol. The highest BCUT2D eigenvalue weighted by molar-refractivity contribution is 6.01. The molecule has 0 spiro atoms. The molecule has 4 rings (SSSR count). The standard InChI is InChI=1S/C26H26N4O2/c1-17(28-2)25(31)29-23-14-13-18-7-3-6-10-24(18)30(26(23)32)16-20-12-11-19(15-27)21-8-4-5-9-22(20)21/h3-12,17,23,28H,13-14,16H2,1-2H3,(H,29,31). The number of carbonyl (C=O) groups is 2. The summed E-state index contributed by atoms with van der Waals surface area (Å²) in [6.07, 6.45) is 1.24. The smallest absolute Gasteiger partial charge is 0.249 e. The second-order valence-electron chi connectivity index (χ2n) is 8.09. The molecule has 6 nitrogen and oxygen atoms in total. The molecule has 1 aliphatic heterocycles. The van der Waals surface area contributed by atoms with Gasteiger partial charge in [-0.25, -0.2) is 0 Å². The maximum absolute atomic E-state index is 13.7. The van der Waals surface area contributed by atoms with Crippen molar-refractivity contribution in [3.63, 3.8) is 0 Å². The van der Waals surface area contributed by atoms with Gasteiger partial charge in [-0.3, -0.25) is 9.59 Å². The number of nitriles is 1. The second kappa shape index (κ2) is 9.21. The van der Waals surface area contributed by atoms with Gasteiger partial charge >= 0.3 is 0 Å². The number of carbonyl (C=O) groups excluding carboxylic acids is 2. The van der Waals surface area contributed by atoms with Crippen LogP contribution >= 0.6 is 0 Å². The van der Waals surface area contributed by atoms with Crippen LogP contribution in [0.15, 0.2) is 60.7 Å². The molecule has 2 amide bonds. The first kappa shape index (κ1) is 21.5. The van der Waals surface area contributed by atoms with Crippen LogP contribution in [0.1, 0.15) is 30.0 Å². The van der Waals surface area contributed by atoms with Gasteiger partial charge in [0.15, 0.2) is 0 Å². The van der Waals surface area contributed by atoms with E-state index in [-0.39, 0.29) is 17.9 Å². The number of fused-ring (bicyclic) bond motifs is 2. The van der Waals surface area contributed by atoms with Crippen molar-refractivity contribution in [1.29, 1.82) is 5.26 Å². The third kappa shape index (κ3) is 4.08. The number of anilines is 1. The molecule has 2 N–H and O–H groups in total. The molecule has 32 heavy (non-hydrogen) atoms. The van der Waals surface area contributed by atoms with Crippen LogP contribution in [0.25, 0.3) is 10.8 Å². The predicted octanol–water partition coefficient (Wildman–Crippen LogP) is 3.28. The Balaban J connectivity index is 1.74. The lowest BCUT2D eigenvalue weighted by Gasteiger charge is -2.27. The molecular weight excluding hydrogens is 400 g/mol. The molecule has 0 fully saturated rings. The number of likely N-dealkylation sites (N-methyl/N-ethyl adjacent to an activating group) is 1. The van der Waals surface area contributed by atoms with Gasteiger partial charge in [0.1, 0.15) is 6.04 Å². The number of hydrogen-bond donors (Lipinski definition) is 2. The van der Waals surface area contributed by atoms with Crippen LogP contribution in [0.2, 0.25) is 0 Å². The van der Waals surface area contributed by atoms with Crippen molar-refractivity contribution < 1.29 is 9.59 Å². The first-order chi connectivity index (χ1) is 15.5. The van der Waals surface area contributed by atoms with Crippen molar-refractivity contribution in [3.8, 4) is 6.07 Å². The van der Waals surface area contributed by atoms with E-state index in [1.165, 1.54) is 0 Å². The summed E-state index contributed by atoms with van der Waals surface area (Å²) < 4.78 is 0. The van der Waals surface area contributed by atoms with Crippen LogP contribution in [0.3, 0.4) is 0 Å². The third-order valence-corrected chi connectivity index (χ3v) is 6.15. The van der Waals surface area contributed by atoms with E-state index < -0.39 is 6.04 Å². The van der Waals surface area contributed by atoms with Crippen molar-refractivity contribution in [2.45, 2.75) is 38.4 Å². The van der Waals surface area contributed by atoms with Crippen LogP contribution in [-0.4, -0.2) is 30.9 Å². The Morgan fingerprint density at radius 2 is 1.84 bits per heavy atom. The van der Waals surface area contributed by atoms with Gasteiger partial charge in [0.05, 0.1) is 24.2 Å². The van der Waals surface area contributed by atoms with E-state index in [9.17, 15) is 14.9 Å². The third-order valence-electron chi connectivity index (χ3n) is 6.15. The van der Waals surface area contributed by atoms with Crippen molar-refractivity contribution >= 4 is 28.3 Å². The minimum Gasteiger partial charge on any atom is -0.343 e. The first-order valence-corrected chi connectivity index (χ1v) is 10.8. The molecule has 0 radical (unpaired) electrons. The zero-order valence-corrected chi connectivity index (χ0v) is 18.3. The molecule has 2 unspecified atom stereocenters.